The molecular formula is C18H13ClN6O4. The molecule has 0 aliphatic carbocycles. The lowest BCUT2D eigenvalue weighted by Crippen LogP contribution is -2.23. The molecule has 2 amide bonds. The molecule has 4 rings (SSSR count). The third-order valence-electron chi connectivity index (χ3n) is 4.31. The van der Waals surface area contributed by atoms with E-state index >= 15 is 0 Å². The van der Waals surface area contributed by atoms with Crippen LogP contribution in [-0.2, 0) is 9.59 Å². The molecule has 11 heteroatoms. The van der Waals surface area contributed by atoms with Crippen LogP contribution in [0.3, 0.4) is 0 Å². The summed E-state index contributed by atoms with van der Waals surface area (Å²) in [7, 11) is 0. The van der Waals surface area contributed by atoms with Gasteiger partial charge in [0.15, 0.2) is 5.82 Å². The molecule has 1 aromatic heterocycles. The number of nitrogens with zero attached hydrogens (tertiary/aromatic N) is 4. The van der Waals surface area contributed by atoms with E-state index in [0.717, 1.165) is 5.56 Å². The first-order chi connectivity index (χ1) is 13.9. The number of nitro benzene ring substituents is 1. The minimum atomic E-state index is -0.850. The third-order valence-corrected chi connectivity index (χ3v) is 4.56. The number of benzene rings is 2. The van der Waals surface area contributed by atoms with Crippen LogP contribution in [0.2, 0.25) is 5.02 Å². The Balaban J connectivity index is 1.48. The lowest BCUT2D eigenvalue weighted by molar-refractivity contribution is -0.384. The topological polar surface area (TPSA) is 132 Å². The number of hydrogen-bond acceptors (Lipinski definition) is 6. The van der Waals surface area contributed by atoms with E-state index < -0.39 is 16.9 Å². The van der Waals surface area contributed by atoms with E-state index in [1.54, 1.807) is 24.3 Å². The van der Waals surface area contributed by atoms with E-state index in [1.165, 1.54) is 28.9 Å². The molecule has 2 aromatic carbocycles. The van der Waals surface area contributed by atoms with Crippen molar-refractivity contribution in [2.75, 3.05) is 10.6 Å². The van der Waals surface area contributed by atoms with Gasteiger partial charge < -0.3 is 5.32 Å². The Labute approximate surface area is 168 Å². The van der Waals surface area contributed by atoms with E-state index in [-0.39, 0.29) is 24.0 Å². The van der Waals surface area contributed by atoms with Gasteiger partial charge in [-0.25, -0.2) is 4.68 Å². The fourth-order valence-corrected chi connectivity index (χ4v) is 3.01. The monoisotopic (exact) mass is 412 g/mol. The summed E-state index contributed by atoms with van der Waals surface area (Å²) in [5.41, 5.74) is 1.03. The second-order valence-electron chi connectivity index (χ2n) is 6.27. The number of rotatable bonds is 5. The SMILES string of the molecule is O=C(CC1C(=O)Nc2nc(-c3ccc(Cl)cc3)nn21)Nc1ccc([N+](=O)[O-])cc1. The van der Waals surface area contributed by atoms with Crippen LogP contribution in [0.15, 0.2) is 48.5 Å². The third kappa shape index (κ3) is 3.78. The zero-order chi connectivity index (χ0) is 20.5. The molecular weight excluding hydrogens is 400 g/mol. The van der Waals surface area contributed by atoms with Crippen LogP contribution in [0.1, 0.15) is 12.5 Å². The number of hydrogen-bond donors (Lipinski definition) is 2. The highest BCUT2D eigenvalue weighted by Crippen LogP contribution is 2.29. The van der Waals surface area contributed by atoms with Crippen LogP contribution in [0.4, 0.5) is 17.3 Å². The highest BCUT2D eigenvalue weighted by molar-refractivity contribution is 6.30. The van der Waals surface area contributed by atoms with Crippen LogP contribution in [0.5, 0.6) is 0 Å². The molecule has 2 N–H and O–H groups in total. The molecule has 3 aromatic rings. The molecule has 1 unspecified atom stereocenters. The number of nitrogens with one attached hydrogen (secondary N) is 2. The zero-order valence-electron chi connectivity index (χ0n) is 14.7. The summed E-state index contributed by atoms with van der Waals surface area (Å²) in [4.78, 5) is 39.0. The van der Waals surface area contributed by atoms with E-state index in [9.17, 15) is 19.7 Å². The molecule has 1 atom stereocenters. The van der Waals surface area contributed by atoms with Gasteiger partial charge in [0.05, 0.1) is 11.3 Å². The quantitative estimate of drug-likeness (QED) is 0.489. The minimum Gasteiger partial charge on any atom is -0.326 e. The van der Waals surface area contributed by atoms with Gasteiger partial charge in [-0.05, 0) is 36.4 Å². The Morgan fingerprint density at radius 2 is 1.90 bits per heavy atom. The molecule has 0 radical (unpaired) electrons. The number of nitro groups is 1. The van der Waals surface area contributed by atoms with E-state index in [2.05, 4.69) is 20.7 Å². The number of non-ortho nitro benzene ring substituents is 1. The molecule has 0 saturated carbocycles. The molecule has 0 fully saturated rings. The molecule has 0 saturated heterocycles. The summed E-state index contributed by atoms with van der Waals surface area (Å²) in [6.45, 7) is 0. The number of aromatic nitrogens is 3. The van der Waals surface area contributed by atoms with Crippen LogP contribution >= 0.6 is 11.6 Å². The van der Waals surface area contributed by atoms with E-state index in [4.69, 9.17) is 11.6 Å². The molecule has 29 heavy (non-hydrogen) atoms. The number of carbonyl (C=O) groups is 2. The van der Waals surface area contributed by atoms with Gasteiger partial charge in [-0.15, -0.1) is 5.10 Å². The smallest absolute Gasteiger partial charge is 0.269 e. The van der Waals surface area contributed by atoms with Gasteiger partial charge in [0, 0.05) is 28.4 Å². The molecule has 146 valence electrons. The summed E-state index contributed by atoms with van der Waals surface area (Å²) >= 11 is 5.88. The number of anilines is 2. The van der Waals surface area contributed by atoms with Crippen molar-refractivity contribution in [1.82, 2.24) is 14.8 Å². The lowest BCUT2D eigenvalue weighted by Gasteiger charge is -2.09. The fourth-order valence-electron chi connectivity index (χ4n) is 2.88. The highest BCUT2D eigenvalue weighted by atomic mass is 35.5. The van der Waals surface area contributed by atoms with Crippen molar-refractivity contribution < 1.29 is 14.5 Å². The summed E-state index contributed by atoms with van der Waals surface area (Å²) in [6.07, 6.45) is -0.167. The highest BCUT2D eigenvalue weighted by Gasteiger charge is 2.35. The summed E-state index contributed by atoms with van der Waals surface area (Å²) in [5.74, 6) is -0.164. The Morgan fingerprint density at radius 1 is 1.21 bits per heavy atom. The van der Waals surface area contributed by atoms with Crippen molar-refractivity contribution in [3.63, 3.8) is 0 Å². The summed E-state index contributed by atoms with van der Waals surface area (Å²) in [6, 6.07) is 11.5. The van der Waals surface area contributed by atoms with Crippen LogP contribution < -0.4 is 10.6 Å². The van der Waals surface area contributed by atoms with Gasteiger partial charge in [-0.1, -0.05) is 11.6 Å². The van der Waals surface area contributed by atoms with Crippen molar-refractivity contribution in [1.29, 1.82) is 0 Å². The first kappa shape index (κ1) is 18.6. The maximum absolute atomic E-state index is 12.4. The molecule has 0 bridgehead atoms. The first-order valence-electron chi connectivity index (χ1n) is 8.48. The standard InChI is InChI=1S/C18H13ClN6O4/c19-11-3-1-10(2-4-11)16-21-18-22-17(27)14(24(18)23-16)9-15(26)20-12-5-7-13(8-6-12)25(28)29/h1-8,14H,9H2,(H,20,26)(H,21,22,23,27). The minimum absolute atomic E-state index is 0.0832. The number of amides is 2. The molecule has 2 heterocycles. The zero-order valence-corrected chi connectivity index (χ0v) is 15.5. The Bertz CT molecular complexity index is 1110. The Hall–Kier alpha value is -3.79. The predicted molar refractivity (Wildman–Crippen MR) is 104 cm³/mol. The van der Waals surface area contributed by atoms with Crippen molar-refractivity contribution in [3.8, 4) is 11.4 Å². The second-order valence-corrected chi connectivity index (χ2v) is 6.71. The van der Waals surface area contributed by atoms with E-state index in [0.29, 0.717) is 16.5 Å². The Morgan fingerprint density at radius 3 is 2.55 bits per heavy atom. The van der Waals surface area contributed by atoms with E-state index in [1.807, 2.05) is 0 Å². The number of fused-ring (bicyclic) bond motifs is 1. The molecule has 1 aliphatic rings. The van der Waals surface area contributed by atoms with Gasteiger partial charge >= 0.3 is 0 Å². The largest absolute Gasteiger partial charge is 0.326 e. The van der Waals surface area contributed by atoms with Crippen LogP contribution in [0.25, 0.3) is 11.4 Å². The molecule has 1 aliphatic heterocycles. The maximum atomic E-state index is 12.4. The number of carbonyl (C=O) groups excluding carboxylic acids is 2. The molecule has 10 nitrogen and oxygen atoms in total. The average molecular weight is 413 g/mol. The first-order valence-corrected chi connectivity index (χ1v) is 8.86. The lowest BCUT2D eigenvalue weighted by atomic mass is 10.2. The van der Waals surface area contributed by atoms with Gasteiger partial charge in [-0.2, -0.15) is 4.98 Å². The number of halogens is 1. The van der Waals surface area contributed by atoms with Gasteiger partial charge in [0.2, 0.25) is 11.9 Å². The van der Waals surface area contributed by atoms with Crippen molar-refractivity contribution in [3.05, 3.63) is 63.7 Å². The summed E-state index contributed by atoms with van der Waals surface area (Å²) in [5, 5.41) is 20.8. The van der Waals surface area contributed by atoms with Gasteiger partial charge in [-0.3, -0.25) is 25.0 Å². The van der Waals surface area contributed by atoms with Crippen molar-refractivity contribution in [2.24, 2.45) is 0 Å². The predicted octanol–water partition coefficient (Wildman–Crippen LogP) is 3.03. The fraction of sp³-hybridized carbons (Fsp3) is 0.111. The van der Waals surface area contributed by atoms with Crippen LogP contribution in [0, 0.1) is 10.1 Å². The maximum Gasteiger partial charge on any atom is 0.269 e. The van der Waals surface area contributed by atoms with Gasteiger partial charge in [0.25, 0.3) is 11.6 Å². The normalized spacial score (nSPS) is 14.9. The van der Waals surface area contributed by atoms with Crippen molar-refractivity contribution >= 4 is 40.7 Å². The summed E-state index contributed by atoms with van der Waals surface area (Å²) < 4.78 is 1.38. The van der Waals surface area contributed by atoms with Gasteiger partial charge in [0.1, 0.15) is 6.04 Å². The van der Waals surface area contributed by atoms with Crippen molar-refractivity contribution in [2.45, 2.75) is 12.5 Å². The second kappa shape index (κ2) is 7.32. The molecule has 0 spiro atoms. The average Bonchev–Trinajstić information content (AvgIpc) is 3.21. The Kier molecular flexibility index (Phi) is 4.69. The van der Waals surface area contributed by atoms with Crippen LogP contribution in [-0.4, -0.2) is 31.5 Å².